The Hall–Kier alpha value is -0.240. The van der Waals surface area contributed by atoms with Gasteiger partial charge in [-0.15, -0.1) is 0 Å². The predicted octanol–water partition coefficient (Wildman–Crippen LogP) is 2.32. The van der Waals surface area contributed by atoms with E-state index in [-0.39, 0.29) is 29.5 Å². The van der Waals surface area contributed by atoms with Gasteiger partial charge in [0.2, 0.25) is 0 Å². The molecule has 1 spiro atoms. The average molecular weight is 360 g/mol. The van der Waals surface area contributed by atoms with Crippen molar-refractivity contribution in [1.82, 2.24) is 0 Å². The van der Waals surface area contributed by atoms with E-state index in [2.05, 4.69) is 27.7 Å². The molecule has 2 fully saturated rings. The molecule has 0 aromatic carbocycles. The van der Waals surface area contributed by atoms with Crippen LogP contribution in [0.25, 0.3) is 0 Å². The molecule has 2 N–H and O–H groups in total. The molecule has 0 aliphatic carbocycles. The summed E-state index contributed by atoms with van der Waals surface area (Å²) < 4.78 is 24.1. The molecule has 2 heterocycles. The molecule has 148 valence electrons. The van der Waals surface area contributed by atoms with E-state index in [0.29, 0.717) is 26.4 Å². The first kappa shape index (κ1) is 21.1. The lowest BCUT2D eigenvalue weighted by atomic mass is 9.80. The summed E-state index contributed by atoms with van der Waals surface area (Å²) in [5.41, 5.74) is -1.01. The van der Waals surface area contributed by atoms with Gasteiger partial charge in [-0.05, 0) is 25.7 Å². The Morgan fingerprint density at radius 1 is 0.680 bits per heavy atom. The molecule has 2 saturated heterocycles. The monoisotopic (exact) mass is 360 g/mol. The summed E-state index contributed by atoms with van der Waals surface area (Å²) in [6, 6.07) is 0. The number of aliphatic hydroxyl groups excluding tert-OH is 2. The third kappa shape index (κ3) is 3.89. The third-order valence-electron chi connectivity index (χ3n) is 6.61. The molecule has 2 rings (SSSR count). The van der Waals surface area contributed by atoms with Gasteiger partial charge in [-0.25, -0.2) is 0 Å². The van der Waals surface area contributed by atoms with Crippen molar-refractivity contribution < 1.29 is 29.2 Å². The van der Waals surface area contributed by atoms with Crippen molar-refractivity contribution in [3.8, 4) is 0 Å². The van der Waals surface area contributed by atoms with Crippen molar-refractivity contribution in [2.75, 3.05) is 39.6 Å². The molecule has 0 amide bonds. The van der Waals surface area contributed by atoms with Crippen LogP contribution in [0.1, 0.15) is 53.4 Å². The van der Waals surface area contributed by atoms with Gasteiger partial charge < -0.3 is 29.2 Å². The van der Waals surface area contributed by atoms with Gasteiger partial charge in [0.1, 0.15) is 0 Å². The Bertz CT molecular complexity index is 331. The van der Waals surface area contributed by atoms with E-state index in [1.807, 2.05) is 0 Å². The molecular weight excluding hydrogens is 324 g/mol. The van der Waals surface area contributed by atoms with Gasteiger partial charge in [0.05, 0.1) is 45.1 Å². The number of hydrogen-bond acceptors (Lipinski definition) is 6. The van der Waals surface area contributed by atoms with E-state index < -0.39 is 12.6 Å². The summed E-state index contributed by atoms with van der Waals surface area (Å²) >= 11 is 0. The maximum atomic E-state index is 9.80. The van der Waals surface area contributed by atoms with Gasteiger partial charge in [0.15, 0.2) is 12.6 Å². The van der Waals surface area contributed by atoms with Crippen molar-refractivity contribution in [3.63, 3.8) is 0 Å². The summed E-state index contributed by atoms with van der Waals surface area (Å²) in [5.74, 6) is 0. The second-order valence-electron chi connectivity index (χ2n) is 7.86. The summed E-state index contributed by atoms with van der Waals surface area (Å²) in [6.45, 7) is 10.3. The van der Waals surface area contributed by atoms with E-state index in [9.17, 15) is 10.2 Å². The normalized spacial score (nSPS) is 31.4. The Labute approximate surface area is 151 Å². The SMILES string of the molecule is CCC(CC)(CO)C1OCC2(CO1)COC(C(CC)(CC)CO)OC2. The first-order chi connectivity index (χ1) is 12.0. The third-order valence-corrected chi connectivity index (χ3v) is 6.61. The van der Waals surface area contributed by atoms with Crippen LogP contribution in [-0.2, 0) is 18.9 Å². The molecule has 6 heteroatoms. The highest BCUT2D eigenvalue weighted by molar-refractivity contribution is 4.91. The molecule has 0 aromatic rings. The van der Waals surface area contributed by atoms with Crippen LogP contribution in [0.3, 0.4) is 0 Å². The molecule has 2 aliphatic rings. The van der Waals surface area contributed by atoms with Crippen molar-refractivity contribution in [2.45, 2.75) is 66.0 Å². The van der Waals surface area contributed by atoms with E-state index in [4.69, 9.17) is 18.9 Å². The summed E-state index contributed by atoms with van der Waals surface area (Å²) in [4.78, 5) is 0. The molecule has 0 saturated carbocycles. The maximum absolute atomic E-state index is 9.80. The van der Waals surface area contributed by atoms with Gasteiger partial charge in [-0.3, -0.25) is 0 Å². The van der Waals surface area contributed by atoms with Gasteiger partial charge in [0.25, 0.3) is 0 Å². The minimum atomic E-state index is -0.390. The lowest BCUT2D eigenvalue weighted by Crippen LogP contribution is -2.58. The highest BCUT2D eigenvalue weighted by Gasteiger charge is 2.49. The highest BCUT2D eigenvalue weighted by atomic mass is 16.7. The Balaban J connectivity index is 1.95. The lowest BCUT2D eigenvalue weighted by Gasteiger charge is -2.50. The first-order valence-corrected chi connectivity index (χ1v) is 9.67. The summed E-state index contributed by atoms with van der Waals surface area (Å²) in [5, 5.41) is 19.6. The van der Waals surface area contributed by atoms with Crippen LogP contribution >= 0.6 is 0 Å². The van der Waals surface area contributed by atoms with Crippen molar-refractivity contribution in [3.05, 3.63) is 0 Å². The molecule has 0 bridgehead atoms. The Morgan fingerprint density at radius 2 is 0.960 bits per heavy atom. The zero-order valence-electron chi connectivity index (χ0n) is 16.3. The van der Waals surface area contributed by atoms with Gasteiger partial charge in [-0.2, -0.15) is 0 Å². The molecule has 0 unspecified atom stereocenters. The summed E-state index contributed by atoms with van der Waals surface area (Å²) in [6.07, 6.45) is 2.44. The van der Waals surface area contributed by atoms with Crippen LogP contribution in [0.2, 0.25) is 0 Å². The topological polar surface area (TPSA) is 77.4 Å². The van der Waals surface area contributed by atoms with Crippen molar-refractivity contribution in [2.24, 2.45) is 16.2 Å². The lowest BCUT2D eigenvalue weighted by molar-refractivity contribution is -0.343. The fraction of sp³-hybridized carbons (Fsp3) is 1.00. The van der Waals surface area contributed by atoms with Crippen LogP contribution in [0.15, 0.2) is 0 Å². The highest BCUT2D eigenvalue weighted by Crippen LogP contribution is 2.42. The molecule has 2 aliphatic heterocycles. The zero-order chi connectivity index (χ0) is 18.6. The van der Waals surface area contributed by atoms with Crippen LogP contribution in [0.5, 0.6) is 0 Å². The van der Waals surface area contributed by atoms with Crippen molar-refractivity contribution >= 4 is 0 Å². The fourth-order valence-electron chi connectivity index (χ4n) is 3.83. The van der Waals surface area contributed by atoms with E-state index >= 15 is 0 Å². The smallest absolute Gasteiger partial charge is 0.165 e. The molecule has 0 aromatic heterocycles. The average Bonchev–Trinajstić information content (AvgIpc) is 2.68. The number of hydrogen-bond donors (Lipinski definition) is 2. The second-order valence-corrected chi connectivity index (χ2v) is 7.86. The standard InChI is InChI=1S/C19H36O6/c1-5-18(6-2,9-20)15-22-11-17(12-23-15)13-24-16(25-14-17)19(7-3,8-4)10-21/h15-16,20-21H,5-14H2,1-4H3. The Morgan fingerprint density at radius 3 is 1.16 bits per heavy atom. The molecule has 25 heavy (non-hydrogen) atoms. The number of rotatable bonds is 8. The largest absolute Gasteiger partial charge is 0.396 e. The van der Waals surface area contributed by atoms with E-state index in [1.54, 1.807) is 0 Å². The second kappa shape index (κ2) is 8.63. The minimum Gasteiger partial charge on any atom is -0.396 e. The quantitative estimate of drug-likeness (QED) is 0.692. The minimum absolute atomic E-state index is 0.0543. The maximum Gasteiger partial charge on any atom is 0.165 e. The van der Waals surface area contributed by atoms with E-state index in [0.717, 1.165) is 25.7 Å². The van der Waals surface area contributed by atoms with Crippen molar-refractivity contribution in [1.29, 1.82) is 0 Å². The zero-order valence-corrected chi connectivity index (χ0v) is 16.3. The van der Waals surface area contributed by atoms with E-state index in [1.165, 1.54) is 0 Å². The predicted molar refractivity (Wildman–Crippen MR) is 94.0 cm³/mol. The fourth-order valence-corrected chi connectivity index (χ4v) is 3.83. The number of aliphatic hydroxyl groups is 2. The van der Waals surface area contributed by atoms with Crippen LogP contribution in [-0.4, -0.2) is 62.4 Å². The molecule has 0 atom stereocenters. The number of ether oxygens (including phenoxy) is 4. The molecular formula is C19H36O6. The van der Waals surface area contributed by atoms with Crippen LogP contribution < -0.4 is 0 Å². The summed E-state index contributed by atoms with van der Waals surface area (Å²) in [7, 11) is 0. The molecule has 6 nitrogen and oxygen atoms in total. The van der Waals surface area contributed by atoms with Crippen LogP contribution in [0.4, 0.5) is 0 Å². The first-order valence-electron chi connectivity index (χ1n) is 9.67. The van der Waals surface area contributed by atoms with Crippen LogP contribution in [0, 0.1) is 16.2 Å². The Kier molecular flexibility index (Phi) is 7.27. The van der Waals surface area contributed by atoms with Gasteiger partial charge in [0, 0.05) is 10.8 Å². The van der Waals surface area contributed by atoms with Gasteiger partial charge in [-0.1, -0.05) is 27.7 Å². The van der Waals surface area contributed by atoms with Gasteiger partial charge >= 0.3 is 0 Å². The molecule has 0 radical (unpaired) electrons.